The van der Waals surface area contributed by atoms with Gasteiger partial charge in [0.2, 0.25) is 53.2 Å². The smallest absolute Gasteiger partial charge is 0.243 e. The Labute approximate surface area is 474 Å². The van der Waals surface area contributed by atoms with Crippen LogP contribution in [0.2, 0.25) is 0 Å². The molecule has 0 bridgehead atoms. The minimum Gasteiger partial charge on any atom is -0.370 e. The fourth-order valence-corrected chi connectivity index (χ4v) is 11.4. The molecule has 0 aliphatic carbocycles. The first-order valence-corrected chi connectivity index (χ1v) is 28.5. The third kappa shape index (κ3) is 16.4. The number of nitrogens with one attached hydrogen (secondary N) is 11. The van der Waals surface area contributed by atoms with Gasteiger partial charge in [-0.25, -0.2) is 4.98 Å². The second-order valence-corrected chi connectivity index (χ2v) is 22.9. The maximum Gasteiger partial charge on any atom is 0.243 e. The van der Waals surface area contributed by atoms with Crippen molar-refractivity contribution >= 4 is 86.7 Å². The molecule has 5 aromatic rings. The second kappa shape index (κ2) is 28.1. The van der Waals surface area contributed by atoms with Crippen molar-refractivity contribution < 1.29 is 43.2 Å². The number of para-hydroxylation sites is 2. The SMILES string of the molecule is CC(C)C[C@@H](CN1CSC[C@H]1C(=O)N(C)C)NC(=O)[C@H](Cc1cnc[nH]1)NC(=O)CNC(=O)[C@@H](NC(=O)[C@H](C)NC(=O)[C@H](Cc1c[nH]c2ccccc12)NC(=O)[C@H](CCC(N)=O)NC(=O)[C@@H]1Cc2c([nH]c3ccccc23)CN1)C(C)C. The number of fused-ring (bicyclic) bond motifs is 4. The first-order valence-electron chi connectivity index (χ1n) is 27.4. The van der Waals surface area contributed by atoms with Crippen LogP contribution >= 0.6 is 11.8 Å². The summed E-state index contributed by atoms with van der Waals surface area (Å²) in [7, 11) is 3.43. The van der Waals surface area contributed by atoms with Gasteiger partial charge in [0.05, 0.1) is 25.0 Å². The largest absolute Gasteiger partial charge is 0.370 e. The van der Waals surface area contributed by atoms with Gasteiger partial charge in [-0.05, 0) is 61.3 Å². The summed E-state index contributed by atoms with van der Waals surface area (Å²) >= 11 is 1.65. The highest BCUT2D eigenvalue weighted by Crippen LogP contribution is 2.27. The average Bonchev–Trinajstić information content (AvgIpc) is 4.45. The van der Waals surface area contributed by atoms with Crippen molar-refractivity contribution in [2.24, 2.45) is 17.6 Å². The molecule has 8 atom stereocenters. The van der Waals surface area contributed by atoms with Crippen molar-refractivity contribution in [3.8, 4) is 0 Å². The zero-order valence-electron chi connectivity index (χ0n) is 46.9. The second-order valence-electron chi connectivity index (χ2n) is 21.9. The van der Waals surface area contributed by atoms with E-state index in [1.165, 1.54) is 13.3 Å². The van der Waals surface area contributed by atoms with Crippen molar-refractivity contribution in [2.75, 3.05) is 38.8 Å². The zero-order valence-corrected chi connectivity index (χ0v) is 47.7. The maximum absolute atomic E-state index is 14.4. The highest BCUT2D eigenvalue weighted by Gasteiger charge is 2.37. The molecular formula is C56H77N15O9S. The van der Waals surface area contributed by atoms with Crippen LogP contribution in [0.15, 0.2) is 67.3 Å². The standard InChI is InChI=1S/C56H77N15O9S/c1-30(2)18-35(26-71-29-81-27-46(71)56(80)70(6)7)64-54(78)44(20-34-23-58-28-62-34)66-48(73)25-61-55(79)49(31(3)4)69-50(74)32(5)63-53(77)43(19-33-22-59-39-14-10-8-12-36(33)39)68-51(75)41(16-17-47(57)72)67-52(76)42-21-38-37-13-9-11-15-40(37)65-45(38)24-60-42/h8-15,22-23,28,30-32,35,41-44,46,49,59-60,65H,16-21,24-27,29H2,1-7H3,(H2,57,72)(H,58,62)(H,61,79)(H,63,77)(H,64,78)(H,66,73)(H,67,76)(H,68,75)(H,69,74)/t32-,35-,41-,42-,43-,44-,46-,49-/m0/s1. The van der Waals surface area contributed by atoms with Crippen LogP contribution in [0.3, 0.4) is 0 Å². The molecule has 0 saturated carbocycles. The van der Waals surface area contributed by atoms with E-state index >= 15 is 0 Å². The number of carbonyl (C=O) groups is 9. The molecule has 1 fully saturated rings. The van der Waals surface area contributed by atoms with E-state index in [0.717, 1.165) is 33.1 Å². The molecule has 0 spiro atoms. The van der Waals surface area contributed by atoms with Crippen molar-refractivity contribution in [3.63, 3.8) is 0 Å². The molecule has 7 rings (SSSR count). The lowest BCUT2D eigenvalue weighted by Crippen LogP contribution is -2.60. The summed E-state index contributed by atoms with van der Waals surface area (Å²) in [5.74, 6) is -4.38. The quantitative estimate of drug-likeness (QED) is 0.0338. The van der Waals surface area contributed by atoms with Crippen LogP contribution in [0.25, 0.3) is 21.8 Å². The Morgan fingerprint density at radius 2 is 1.47 bits per heavy atom. The predicted molar refractivity (Wildman–Crippen MR) is 306 cm³/mol. The minimum absolute atomic E-state index is 0.0144. The van der Waals surface area contributed by atoms with Gasteiger partial charge in [-0.1, -0.05) is 64.1 Å². The van der Waals surface area contributed by atoms with Crippen molar-refractivity contribution in [1.29, 1.82) is 0 Å². The predicted octanol–water partition coefficient (Wildman–Crippen LogP) is 0.348. The highest BCUT2D eigenvalue weighted by molar-refractivity contribution is 7.99. The van der Waals surface area contributed by atoms with Crippen molar-refractivity contribution in [2.45, 2.75) is 128 Å². The fourth-order valence-electron chi connectivity index (χ4n) is 10.2. The molecule has 2 aromatic carbocycles. The number of benzene rings is 2. The molecule has 1 saturated heterocycles. The van der Waals surface area contributed by atoms with Crippen LogP contribution in [0.5, 0.6) is 0 Å². The van der Waals surface area contributed by atoms with Crippen molar-refractivity contribution in [1.82, 2.24) is 72.3 Å². The van der Waals surface area contributed by atoms with Crippen molar-refractivity contribution in [3.05, 3.63) is 89.8 Å². The Hall–Kier alpha value is -7.77. The average molecular weight is 1140 g/mol. The number of likely N-dealkylation sites (N-methyl/N-ethyl adjacent to an activating group) is 1. The Bertz CT molecular complexity index is 3050. The highest BCUT2D eigenvalue weighted by atomic mass is 32.2. The summed E-state index contributed by atoms with van der Waals surface area (Å²) < 4.78 is 0. The Balaban J connectivity index is 0.983. The summed E-state index contributed by atoms with van der Waals surface area (Å²) in [5, 5.41) is 24.3. The van der Waals surface area contributed by atoms with E-state index in [0.29, 0.717) is 48.8 Å². The molecule has 436 valence electrons. The van der Waals surface area contributed by atoms with E-state index in [2.05, 4.69) is 67.4 Å². The number of primary amides is 1. The number of nitrogens with zero attached hydrogens (tertiary/aromatic N) is 3. The van der Waals surface area contributed by atoms with E-state index in [9.17, 15) is 43.2 Å². The molecular weight excluding hydrogens is 1060 g/mol. The molecule has 2 aliphatic heterocycles. The summed E-state index contributed by atoms with van der Waals surface area (Å²) in [5.41, 5.74) is 10.4. The molecule has 13 N–H and O–H groups in total. The lowest BCUT2D eigenvalue weighted by atomic mass is 9.97. The number of hydrogen-bond donors (Lipinski definition) is 12. The number of imidazole rings is 1. The van der Waals surface area contributed by atoms with Gasteiger partial charge in [-0.2, -0.15) is 0 Å². The molecule has 24 nitrogen and oxygen atoms in total. The third-order valence-corrected chi connectivity index (χ3v) is 15.6. The molecule has 25 heteroatoms. The Kier molecular flexibility index (Phi) is 21.1. The van der Waals surface area contributed by atoms with Crippen LogP contribution in [0, 0.1) is 11.8 Å². The van der Waals surface area contributed by atoms with Gasteiger partial charge in [0.15, 0.2) is 0 Å². The number of amides is 9. The van der Waals surface area contributed by atoms with Crippen LogP contribution in [-0.2, 0) is 69.0 Å². The molecule has 2 aliphatic rings. The number of carbonyl (C=O) groups excluding carboxylic acids is 9. The summed E-state index contributed by atoms with van der Waals surface area (Å²) in [6, 6.07) is 7.58. The molecule has 0 radical (unpaired) electrons. The van der Waals surface area contributed by atoms with Crippen LogP contribution < -0.4 is 48.3 Å². The van der Waals surface area contributed by atoms with E-state index < -0.39 is 96.0 Å². The maximum atomic E-state index is 14.4. The summed E-state index contributed by atoms with van der Waals surface area (Å²) in [4.78, 5) is 140. The lowest BCUT2D eigenvalue weighted by Gasteiger charge is -2.31. The fraction of sp³-hybridized carbons (Fsp3) is 0.500. The first-order chi connectivity index (χ1) is 38.6. The normalized spacial score (nSPS) is 17.5. The Morgan fingerprint density at radius 3 is 2.16 bits per heavy atom. The summed E-state index contributed by atoms with van der Waals surface area (Å²) in [6.07, 6.45) is 5.22. The first kappa shape index (κ1) is 60.9. The van der Waals surface area contributed by atoms with Gasteiger partial charge in [-0.15, -0.1) is 11.8 Å². The number of aromatic nitrogens is 4. The van der Waals surface area contributed by atoms with E-state index in [1.54, 1.807) is 57.0 Å². The molecule has 9 amide bonds. The summed E-state index contributed by atoms with van der Waals surface area (Å²) in [6.45, 7) is 9.11. The van der Waals surface area contributed by atoms with Gasteiger partial charge in [0.25, 0.3) is 0 Å². The Morgan fingerprint density at radius 1 is 0.778 bits per heavy atom. The van der Waals surface area contributed by atoms with Crippen LogP contribution in [-0.4, -0.2) is 170 Å². The number of aromatic amines is 3. The van der Waals surface area contributed by atoms with E-state index in [1.807, 2.05) is 62.4 Å². The van der Waals surface area contributed by atoms with E-state index in [4.69, 9.17) is 5.73 Å². The van der Waals surface area contributed by atoms with Gasteiger partial charge < -0.3 is 62.8 Å². The molecule has 3 aromatic heterocycles. The number of thioether (sulfide) groups is 1. The van der Waals surface area contributed by atoms with Gasteiger partial charge in [0, 0.05) is 110 Å². The lowest BCUT2D eigenvalue weighted by molar-refractivity contribution is -0.135. The van der Waals surface area contributed by atoms with Crippen LogP contribution in [0.4, 0.5) is 0 Å². The minimum atomic E-state index is -1.32. The third-order valence-electron chi connectivity index (χ3n) is 14.5. The number of hydrogen-bond acceptors (Lipinski definition) is 13. The zero-order chi connectivity index (χ0) is 58.5. The van der Waals surface area contributed by atoms with E-state index in [-0.39, 0.29) is 49.6 Å². The van der Waals surface area contributed by atoms with Gasteiger partial charge >= 0.3 is 0 Å². The van der Waals surface area contributed by atoms with Gasteiger partial charge in [-0.3, -0.25) is 53.4 Å². The molecule has 5 heterocycles. The molecule has 81 heavy (non-hydrogen) atoms. The monoisotopic (exact) mass is 1140 g/mol. The van der Waals surface area contributed by atoms with Gasteiger partial charge in [0.1, 0.15) is 30.2 Å². The number of rotatable bonds is 27. The number of H-pyrrole nitrogens is 3. The van der Waals surface area contributed by atoms with Crippen LogP contribution in [0.1, 0.15) is 76.4 Å². The number of nitrogens with two attached hydrogens (primary N) is 1. The topological polar surface area (TPSA) is 343 Å². The molecule has 0 unspecified atom stereocenters.